The molecule has 0 heteroatoms. The molecule has 126 valence electrons. The fourth-order valence-electron chi connectivity index (χ4n) is 3.42. The number of hydrogen-bond donors (Lipinski definition) is 0. The zero-order valence-electron chi connectivity index (χ0n) is 16.3. The Kier molecular flexibility index (Phi) is 8.29. The molecule has 0 nitrogen and oxygen atoms in total. The highest BCUT2D eigenvalue weighted by Gasteiger charge is 2.36. The molecule has 0 N–H and O–H groups in total. The smallest absolute Gasteiger partial charge is 0.0121 e. The predicted octanol–water partition coefficient (Wildman–Crippen LogP) is 7.64. The van der Waals surface area contributed by atoms with E-state index in [9.17, 15) is 0 Å². The predicted molar refractivity (Wildman–Crippen MR) is 98.7 cm³/mol. The van der Waals surface area contributed by atoms with Crippen molar-refractivity contribution in [2.24, 2.45) is 22.2 Å². The van der Waals surface area contributed by atoms with Gasteiger partial charge in [-0.1, -0.05) is 87.1 Å². The second-order valence-electron chi connectivity index (χ2n) is 9.75. The lowest BCUT2D eigenvalue weighted by Crippen LogP contribution is -2.32. The van der Waals surface area contributed by atoms with Crippen LogP contribution in [0.5, 0.6) is 0 Å². The fourth-order valence-corrected chi connectivity index (χ4v) is 3.42. The molecular formula is C21H42. The lowest BCUT2D eigenvalue weighted by atomic mass is 9.63. The van der Waals surface area contributed by atoms with Crippen LogP contribution >= 0.6 is 0 Å². The van der Waals surface area contributed by atoms with Crippen LogP contribution in [0.25, 0.3) is 0 Å². The topological polar surface area (TPSA) is 0 Å². The summed E-state index contributed by atoms with van der Waals surface area (Å²) in [4.78, 5) is 0. The highest BCUT2D eigenvalue weighted by Crippen LogP contribution is 2.46. The molecule has 0 aromatic rings. The van der Waals surface area contributed by atoms with Crippen LogP contribution in [-0.4, -0.2) is 0 Å². The highest BCUT2D eigenvalue weighted by atomic mass is 14.4. The Morgan fingerprint density at radius 1 is 0.810 bits per heavy atom. The van der Waals surface area contributed by atoms with Gasteiger partial charge in [0.2, 0.25) is 0 Å². The van der Waals surface area contributed by atoms with Gasteiger partial charge < -0.3 is 0 Å². The molecule has 0 aromatic carbocycles. The van der Waals surface area contributed by atoms with Crippen molar-refractivity contribution in [3.63, 3.8) is 0 Å². The molecule has 0 bridgehead atoms. The minimum absolute atomic E-state index is 0.286. The first-order chi connectivity index (χ1) is 9.43. The van der Waals surface area contributed by atoms with Gasteiger partial charge in [-0.05, 0) is 41.4 Å². The zero-order valence-corrected chi connectivity index (χ0v) is 16.3. The van der Waals surface area contributed by atoms with Crippen molar-refractivity contribution < 1.29 is 0 Å². The van der Waals surface area contributed by atoms with Crippen LogP contribution in [0.2, 0.25) is 0 Å². The number of unbranched alkanes of at least 4 members (excludes halogenated alkanes) is 3. The first kappa shape index (κ1) is 20.7. The molecule has 1 atom stereocenters. The van der Waals surface area contributed by atoms with E-state index < -0.39 is 0 Å². The summed E-state index contributed by atoms with van der Waals surface area (Å²) < 4.78 is 0. The average Bonchev–Trinajstić information content (AvgIpc) is 2.30. The van der Waals surface area contributed by atoms with E-state index in [4.69, 9.17) is 0 Å². The molecule has 0 heterocycles. The Labute approximate surface area is 135 Å². The van der Waals surface area contributed by atoms with E-state index >= 15 is 0 Å². The normalized spacial score (nSPS) is 16.0. The van der Waals surface area contributed by atoms with Gasteiger partial charge in [-0.2, -0.15) is 0 Å². The Morgan fingerprint density at radius 2 is 1.29 bits per heavy atom. The summed E-state index contributed by atoms with van der Waals surface area (Å²) >= 11 is 0. The molecule has 0 saturated heterocycles. The summed E-state index contributed by atoms with van der Waals surface area (Å²) in [5, 5.41) is 0. The molecule has 0 aliphatic heterocycles. The van der Waals surface area contributed by atoms with E-state index in [-0.39, 0.29) is 5.41 Å². The minimum atomic E-state index is 0.286. The molecule has 1 unspecified atom stereocenters. The van der Waals surface area contributed by atoms with Crippen LogP contribution < -0.4 is 0 Å². The molecule has 0 spiro atoms. The van der Waals surface area contributed by atoms with Crippen molar-refractivity contribution in [3.05, 3.63) is 12.7 Å². The van der Waals surface area contributed by atoms with E-state index in [1.54, 1.807) is 0 Å². The third-order valence-corrected chi connectivity index (χ3v) is 4.69. The minimum Gasteiger partial charge on any atom is -0.103 e. The van der Waals surface area contributed by atoms with Gasteiger partial charge >= 0.3 is 0 Å². The third-order valence-electron chi connectivity index (χ3n) is 4.69. The van der Waals surface area contributed by atoms with Crippen molar-refractivity contribution in [2.75, 3.05) is 0 Å². The highest BCUT2D eigenvalue weighted by molar-refractivity contribution is 4.98. The Morgan fingerprint density at radius 3 is 1.62 bits per heavy atom. The van der Waals surface area contributed by atoms with Crippen LogP contribution in [-0.2, 0) is 0 Å². The summed E-state index contributed by atoms with van der Waals surface area (Å²) in [6, 6.07) is 0. The molecule has 0 rings (SSSR count). The largest absolute Gasteiger partial charge is 0.103 e. The van der Waals surface area contributed by atoms with Gasteiger partial charge in [0, 0.05) is 0 Å². The quantitative estimate of drug-likeness (QED) is 0.303. The lowest BCUT2D eigenvalue weighted by Gasteiger charge is -2.42. The molecule has 0 saturated carbocycles. The lowest BCUT2D eigenvalue weighted by molar-refractivity contribution is 0.113. The molecule has 0 aliphatic rings. The summed E-state index contributed by atoms with van der Waals surface area (Å²) in [5.74, 6) is 0.733. The van der Waals surface area contributed by atoms with Crippen LogP contribution in [0.4, 0.5) is 0 Å². The van der Waals surface area contributed by atoms with Gasteiger partial charge in [0.15, 0.2) is 0 Å². The average molecular weight is 295 g/mol. The third kappa shape index (κ3) is 9.38. The van der Waals surface area contributed by atoms with E-state index in [1.165, 1.54) is 44.9 Å². The van der Waals surface area contributed by atoms with Gasteiger partial charge in [-0.3, -0.25) is 0 Å². The monoisotopic (exact) mass is 294 g/mol. The van der Waals surface area contributed by atoms with Crippen LogP contribution in [0.15, 0.2) is 12.7 Å². The summed E-state index contributed by atoms with van der Waals surface area (Å²) in [7, 11) is 0. The van der Waals surface area contributed by atoms with E-state index in [1.807, 2.05) is 0 Å². The number of hydrogen-bond acceptors (Lipinski definition) is 0. The maximum atomic E-state index is 4.21. The molecule has 0 amide bonds. The second kappa shape index (κ2) is 8.39. The van der Waals surface area contributed by atoms with Gasteiger partial charge in [0.1, 0.15) is 0 Å². The summed E-state index contributed by atoms with van der Waals surface area (Å²) in [6.45, 7) is 23.2. The number of allylic oxidation sites excluding steroid dienone is 1. The molecule has 21 heavy (non-hydrogen) atoms. The van der Waals surface area contributed by atoms with Gasteiger partial charge in [0.25, 0.3) is 0 Å². The van der Waals surface area contributed by atoms with Gasteiger partial charge in [-0.15, -0.1) is 6.58 Å². The van der Waals surface area contributed by atoms with E-state index in [2.05, 4.69) is 68.0 Å². The maximum Gasteiger partial charge on any atom is -0.0121 e. The van der Waals surface area contributed by atoms with Crippen LogP contribution in [0.1, 0.15) is 100 Å². The Balaban J connectivity index is 4.98. The summed E-state index contributed by atoms with van der Waals surface area (Å²) in [5.41, 5.74) is 1.07. The maximum absolute atomic E-state index is 4.21. The van der Waals surface area contributed by atoms with Crippen LogP contribution in [0.3, 0.4) is 0 Å². The molecule has 0 fully saturated rings. The fraction of sp³-hybridized carbons (Fsp3) is 0.905. The van der Waals surface area contributed by atoms with Crippen molar-refractivity contribution in [1.82, 2.24) is 0 Å². The van der Waals surface area contributed by atoms with Crippen LogP contribution in [0, 0.1) is 22.2 Å². The standard InChI is InChI=1S/C21H42/c1-10-12-13-14-15-21(9,11-2)18(16-19(3,4)5)17-20(6,7)8/h11,18H,2,10,12-17H2,1,3-9H3. The van der Waals surface area contributed by atoms with Crippen molar-refractivity contribution in [1.29, 1.82) is 0 Å². The van der Waals surface area contributed by atoms with Crippen molar-refractivity contribution in [3.8, 4) is 0 Å². The van der Waals surface area contributed by atoms with E-state index in [0.717, 1.165) is 5.92 Å². The molecule has 0 aromatic heterocycles. The SMILES string of the molecule is C=CC(C)(CCCCCC)C(CC(C)(C)C)CC(C)(C)C. The number of rotatable bonds is 9. The molecular weight excluding hydrogens is 252 g/mol. The first-order valence-electron chi connectivity index (χ1n) is 9.07. The zero-order chi connectivity index (χ0) is 16.7. The Hall–Kier alpha value is -0.260. The van der Waals surface area contributed by atoms with E-state index in [0.29, 0.717) is 10.8 Å². The molecule has 0 aliphatic carbocycles. The van der Waals surface area contributed by atoms with Gasteiger partial charge in [-0.25, -0.2) is 0 Å². The van der Waals surface area contributed by atoms with Crippen molar-refractivity contribution in [2.45, 2.75) is 100 Å². The summed E-state index contributed by atoms with van der Waals surface area (Å²) in [6.07, 6.45) is 11.6. The first-order valence-corrected chi connectivity index (χ1v) is 9.07. The second-order valence-corrected chi connectivity index (χ2v) is 9.75. The Bertz CT molecular complexity index is 270. The van der Waals surface area contributed by atoms with Gasteiger partial charge in [0.05, 0.1) is 0 Å². The van der Waals surface area contributed by atoms with Crippen molar-refractivity contribution >= 4 is 0 Å². The molecule has 0 radical (unpaired) electrons.